The second kappa shape index (κ2) is 5.66. The standard InChI is InChI=1S/C14H14ClNS2/c15-11-1-2-14-12(7-11)13(4-6-18-14)16-8-10-3-5-17-9-10/h1-3,5,7,9,13,16H,4,6,8H2. The summed E-state index contributed by atoms with van der Waals surface area (Å²) in [5.41, 5.74) is 2.72. The Morgan fingerprint density at radius 2 is 2.28 bits per heavy atom. The van der Waals surface area contributed by atoms with Gasteiger partial charge in [-0.3, -0.25) is 0 Å². The molecule has 1 unspecified atom stereocenters. The SMILES string of the molecule is Clc1ccc2c(c1)C(NCc1ccsc1)CCS2. The molecule has 1 atom stereocenters. The van der Waals surface area contributed by atoms with E-state index < -0.39 is 0 Å². The maximum absolute atomic E-state index is 6.11. The predicted molar refractivity (Wildman–Crippen MR) is 80.7 cm³/mol. The largest absolute Gasteiger partial charge is 0.306 e. The van der Waals surface area contributed by atoms with Gasteiger partial charge < -0.3 is 5.32 Å². The molecule has 1 aromatic carbocycles. The van der Waals surface area contributed by atoms with E-state index in [1.54, 1.807) is 11.3 Å². The Morgan fingerprint density at radius 1 is 1.33 bits per heavy atom. The Morgan fingerprint density at radius 3 is 3.11 bits per heavy atom. The third kappa shape index (κ3) is 2.75. The third-order valence-corrected chi connectivity index (χ3v) is 5.23. The lowest BCUT2D eigenvalue weighted by Gasteiger charge is -2.26. The molecule has 0 aliphatic carbocycles. The Balaban J connectivity index is 1.76. The zero-order chi connectivity index (χ0) is 12.4. The van der Waals surface area contributed by atoms with Gasteiger partial charge in [0.15, 0.2) is 0 Å². The van der Waals surface area contributed by atoms with Crippen molar-refractivity contribution in [2.24, 2.45) is 0 Å². The van der Waals surface area contributed by atoms with Crippen molar-refractivity contribution in [3.05, 3.63) is 51.2 Å². The number of thiophene rings is 1. The Kier molecular flexibility index (Phi) is 3.94. The number of halogens is 1. The average Bonchev–Trinajstić information content (AvgIpc) is 2.89. The van der Waals surface area contributed by atoms with Crippen LogP contribution in [0.3, 0.4) is 0 Å². The first-order valence-electron chi connectivity index (χ1n) is 5.99. The second-order valence-electron chi connectivity index (χ2n) is 4.38. The molecule has 1 nitrogen and oxygen atoms in total. The summed E-state index contributed by atoms with van der Waals surface area (Å²) in [5, 5.41) is 8.80. The van der Waals surface area contributed by atoms with Crippen LogP contribution in [0, 0.1) is 0 Å². The van der Waals surface area contributed by atoms with Gasteiger partial charge in [0.1, 0.15) is 0 Å². The van der Waals surface area contributed by atoms with Gasteiger partial charge in [-0.05, 0) is 58.3 Å². The molecule has 18 heavy (non-hydrogen) atoms. The molecule has 94 valence electrons. The highest BCUT2D eigenvalue weighted by molar-refractivity contribution is 7.99. The van der Waals surface area contributed by atoms with Crippen molar-refractivity contribution in [2.75, 3.05) is 5.75 Å². The summed E-state index contributed by atoms with van der Waals surface area (Å²) >= 11 is 9.78. The fourth-order valence-corrected chi connectivity index (χ4v) is 4.17. The zero-order valence-electron chi connectivity index (χ0n) is 9.86. The number of rotatable bonds is 3. The van der Waals surface area contributed by atoms with Crippen LogP contribution in [0.5, 0.6) is 0 Å². The third-order valence-electron chi connectivity index (χ3n) is 3.14. The summed E-state index contributed by atoms with van der Waals surface area (Å²) in [5.74, 6) is 1.18. The monoisotopic (exact) mass is 295 g/mol. The minimum absolute atomic E-state index is 0.430. The number of fused-ring (bicyclic) bond motifs is 1. The van der Waals surface area contributed by atoms with Gasteiger partial charge in [-0.15, -0.1) is 11.8 Å². The molecule has 0 fully saturated rings. The van der Waals surface area contributed by atoms with E-state index in [0.29, 0.717) is 6.04 Å². The van der Waals surface area contributed by atoms with E-state index in [9.17, 15) is 0 Å². The lowest BCUT2D eigenvalue weighted by atomic mass is 10.0. The summed E-state index contributed by atoms with van der Waals surface area (Å²) in [6, 6.07) is 8.83. The van der Waals surface area contributed by atoms with Crippen molar-refractivity contribution in [2.45, 2.75) is 23.9 Å². The van der Waals surface area contributed by atoms with Crippen LogP contribution in [0.25, 0.3) is 0 Å². The minimum atomic E-state index is 0.430. The molecule has 0 spiro atoms. The average molecular weight is 296 g/mol. The highest BCUT2D eigenvalue weighted by atomic mass is 35.5. The Hall–Kier alpha value is -0.480. The first-order chi connectivity index (χ1) is 8.83. The van der Waals surface area contributed by atoms with Crippen LogP contribution in [0.2, 0.25) is 5.02 Å². The van der Waals surface area contributed by atoms with Crippen LogP contribution in [0.1, 0.15) is 23.6 Å². The van der Waals surface area contributed by atoms with Crippen molar-refractivity contribution in [3.8, 4) is 0 Å². The van der Waals surface area contributed by atoms with Crippen molar-refractivity contribution in [1.82, 2.24) is 5.32 Å². The molecular formula is C14H14ClNS2. The van der Waals surface area contributed by atoms with Crippen molar-refractivity contribution in [3.63, 3.8) is 0 Å². The fraction of sp³-hybridized carbons (Fsp3) is 0.286. The number of thioether (sulfide) groups is 1. The van der Waals surface area contributed by atoms with E-state index >= 15 is 0 Å². The van der Waals surface area contributed by atoms with Crippen molar-refractivity contribution in [1.29, 1.82) is 0 Å². The number of nitrogens with one attached hydrogen (secondary N) is 1. The molecular weight excluding hydrogens is 282 g/mol. The molecule has 1 aromatic heterocycles. The smallest absolute Gasteiger partial charge is 0.0410 e. The fourth-order valence-electron chi connectivity index (χ4n) is 2.21. The summed E-state index contributed by atoms with van der Waals surface area (Å²) in [6.07, 6.45) is 1.17. The normalized spacial score (nSPS) is 18.6. The highest BCUT2D eigenvalue weighted by Crippen LogP contribution is 2.37. The van der Waals surface area contributed by atoms with Crippen LogP contribution in [0.15, 0.2) is 39.9 Å². The van der Waals surface area contributed by atoms with E-state index in [4.69, 9.17) is 11.6 Å². The molecule has 0 bridgehead atoms. The van der Waals surface area contributed by atoms with E-state index in [-0.39, 0.29) is 0 Å². The van der Waals surface area contributed by atoms with Crippen LogP contribution in [-0.4, -0.2) is 5.75 Å². The van der Waals surface area contributed by atoms with E-state index in [2.05, 4.69) is 34.3 Å². The molecule has 1 aliphatic rings. The quantitative estimate of drug-likeness (QED) is 0.878. The molecule has 4 heteroatoms. The van der Waals surface area contributed by atoms with Gasteiger partial charge in [0, 0.05) is 22.5 Å². The molecule has 3 rings (SSSR count). The molecule has 0 radical (unpaired) electrons. The van der Waals surface area contributed by atoms with E-state index in [0.717, 1.165) is 11.6 Å². The molecule has 0 saturated heterocycles. The molecule has 1 aliphatic heterocycles. The number of hydrogen-bond acceptors (Lipinski definition) is 3. The molecule has 0 amide bonds. The molecule has 2 aromatic rings. The molecule has 0 saturated carbocycles. The first kappa shape index (κ1) is 12.5. The topological polar surface area (TPSA) is 12.0 Å². The van der Waals surface area contributed by atoms with Crippen LogP contribution < -0.4 is 5.32 Å². The van der Waals surface area contributed by atoms with Gasteiger partial charge >= 0.3 is 0 Å². The predicted octanol–water partition coefficient (Wildman–Crippen LogP) is 4.73. The van der Waals surface area contributed by atoms with Crippen molar-refractivity contribution >= 4 is 34.7 Å². The maximum Gasteiger partial charge on any atom is 0.0410 e. The van der Waals surface area contributed by atoms with Gasteiger partial charge in [0.25, 0.3) is 0 Å². The number of benzene rings is 1. The van der Waals surface area contributed by atoms with Crippen LogP contribution in [0.4, 0.5) is 0 Å². The minimum Gasteiger partial charge on any atom is -0.306 e. The second-order valence-corrected chi connectivity index (χ2v) is 6.74. The molecule has 1 N–H and O–H groups in total. The van der Waals surface area contributed by atoms with Gasteiger partial charge in [-0.25, -0.2) is 0 Å². The highest BCUT2D eigenvalue weighted by Gasteiger charge is 2.20. The summed E-state index contributed by atoms with van der Waals surface area (Å²) < 4.78 is 0. The first-order valence-corrected chi connectivity index (χ1v) is 8.30. The van der Waals surface area contributed by atoms with E-state index in [1.165, 1.54) is 28.2 Å². The summed E-state index contributed by atoms with van der Waals surface area (Å²) in [7, 11) is 0. The van der Waals surface area contributed by atoms with Gasteiger partial charge in [-0.2, -0.15) is 11.3 Å². The number of hydrogen-bond donors (Lipinski definition) is 1. The lowest BCUT2D eigenvalue weighted by molar-refractivity contribution is 0.510. The Bertz CT molecular complexity index is 525. The summed E-state index contributed by atoms with van der Waals surface area (Å²) in [4.78, 5) is 1.37. The maximum atomic E-state index is 6.11. The van der Waals surface area contributed by atoms with Crippen LogP contribution in [-0.2, 0) is 6.54 Å². The van der Waals surface area contributed by atoms with Crippen molar-refractivity contribution < 1.29 is 0 Å². The van der Waals surface area contributed by atoms with Crippen LogP contribution >= 0.6 is 34.7 Å². The van der Waals surface area contributed by atoms with E-state index in [1.807, 2.05) is 17.8 Å². The van der Waals surface area contributed by atoms with Gasteiger partial charge in [-0.1, -0.05) is 11.6 Å². The molecule has 2 heterocycles. The van der Waals surface area contributed by atoms with Gasteiger partial charge in [0.05, 0.1) is 0 Å². The lowest BCUT2D eigenvalue weighted by Crippen LogP contribution is -2.24. The zero-order valence-corrected chi connectivity index (χ0v) is 12.2. The van der Waals surface area contributed by atoms with Gasteiger partial charge in [0.2, 0.25) is 0 Å². The summed E-state index contributed by atoms with van der Waals surface area (Å²) in [6.45, 7) is 0.935. The Labute approximate surface area is 121 Å².